The summed E-state index contributed by atoms with van der Waals surface area (Å²) in [6, 6.07) is 4.97. The van der Waals surface area contributed by atoms with Crippen molar-refractivity contribution < 1.29 is 24.2 Å². The number of carboxylic acid groups (broad SMARTS) is 2. The van der Waals surface area contributed by atoms with Gasteiger partial charge in [-0.2, -0.15) is 0 Å². The average molecular weight is 387 g/mol. The van der Waals surface area contributed by atoms with E-state index >= 15 is 0 Å². The van der Waals surface area contributed by atoms with Crippen LogP contribution in [0.15, 0.2) is 41.1 Å². The lowest BCUT2D eigenvalue weighted by molar-refractivity contribution is -0.134. The number of carboxylic acids is 2. The molecule has 3 saturated heterocycles. The molecule has 5 rings (SSSR count). The third-order valence-electron chi connectivity index (χ3n) is 4.61. The third kappa shape index (κ3) is 5.13. The number of pyridine rings is 1. The maximum Gasteiger partial charge on any atom is 0.328 e. The van der Waals surface area contributed by atoms with Crippen LogP contribution in [0.1, 0.15) is 12.8 Å². The Bertz CT molecular complexity index is 814. The van der Waals surface area contributed by atoms with Gasteiger partial charge in [-0.25, -0.2) is 9.59 Å². The fourth-order valence-corrected chi connectivity index (χ4v) is 3.22. The maximum absolute atomic E-state index is 9.55. The van der Waals surface area contributed by atoms with E-state index < -0.39 is 11.9 Å². The lowest BCUT2D eigenvalue weighted by atomic mass is 10.1. The minimum atomic E-state index is -1.26. The van der Waals surface area contributed by atoms with Gasteiger partial charge in [-0.3, -0.25) is 4.98 Å². The first-order chi connectivity index (χ1) is 13.5. The summed E-state index contributed by atoms with van der Waals surface area (Å²) >= 11 is 0. The number of piperidine rings is 1. The fourth-order valence-electron chi connectivity index (χ4n) is 3.22. The molecule has 10 nitrogen and oxygen atoms in total. The zero-order valence-corrected chi connectivity index (χ0v) is 15.1. The van der Waals surface area contributed by atoms with Gasteiger partial charge in [0.1, 0.15) is 0 Å². The second-order valence-corrected chi connectivity index (χ2v) is 6.40. The minimum Gasteiger partial charge on any atom is -0.478 e. The van der Waals surface area contributed by atoms with Crippen LogP contribution in [0.5, 0.6) is 0 Å². The van der Waals surface area contributed by atoms with Crippen LogP contribution in [0.4, 0.5) is 6.01 Å². The second kappa shape index (κ2) is 9.09. The Morgan fingerprint density at radius 3 is 2.25 bits per heavy atom. The number of aromatic nitrogens is 3. The van der Waals surface area contributed by atoms with Crippen LogP contribution in [-0.4, -0.2) is 74.5 Å². The number of anilines is 1. The SMILES string of the molecule is O=C(O)/C=C/C(=O)O.c1cc(-c2nnc(N3CCN4CCC3CC4)o2)ccn1. The number of carbonyl (C=O) groups is 2. The monoisotopic (exact) mass is 387 g/mol. The van der Waals surface area contributed by atoms with Gasteiger partial charge < -0.3 is 24.4 Å². The summed E-state index contributed by atoms with van der Waals surface area (Å²) in [7, 11) is 0. The van der Waals surface area contributed by atoms with Crippen molar-refractivity contribution in [2.24, 2.45) is 0 Å². The normalized spacial score (nSPS) is 21.1. The second-order valence-electron chi connectivity index (χ2n) is 6.40. The first-order valence-electron chi connectivity index (χ1n) is 8.90. The topological polar surface area (TPSA) is 133 Å². The Kier molecular flexibility index (Phi) is 6.33. The highest BCUT2D eigenvalue weighted by molar-refractivity contribution is 5.89. The van der Waals surface area contributed by atoms with Crippen molar-refractivity contribution in [2.45, 2.75) is 18.9 Å². The van der Waals surface area contributed by atoms with Gasteiger partial charge in [-0.1, -0.05) is 5.10 Å². The summed E-state index contributed by atoms with van der Waals surface area (Å²) in [5.41, 5.74) is 0.918. The van der Waals surface area contributed by atoms with Crippen LogP contribution in [0.3, 0.4) is 0 Å². The molecule has 0 unspecified atom stereocenters. The standard InChI is InChI=1S/C14H17N5O.C4H4O4/c1-5-15-6-2-11(1)13-16-17-14(20-13)19-10-9-18-7-3-12(19)4-8-18;5-3(6)1-2-4(7)8/h1-2,5-6,12H,3-4,7-10H2;1-2H,(H,5,6)(H,7,8)/b;2-1+. The van der Waals surface area contributed by atoms with Crippen LogP contribution >= 0.6 is 0 Å². The van der Waals surface area contributed by atoms with E-state index in [2.05, 4.69) is 25.0 Å². The zero-order valence-electron chi connectivity index (χ0n) is 15.1. The van der Waals surface area contributed by atoms with Crippen molar-refractivity contribution in [1.29, 1.82) is 0 Å². The molecule has 0 radical (unpaired) electrons. The van der Waals surface area contributed by atoms with Crippen LogP contribution < -0.4 is 4.90 Å². The molecule has 2 bridgehead atoms. The third-order valence-corrected chi connectivity index (χ3v) is 4.61. The van der Waals surface area contributed by atoms with E-state index in [1.807, 2.05) is 12.1 Å². The molecular formula is C18H21N5O5. The van der Waals surface area contributed by atoms with E-state index in [-0.39, 0.29) is 0 Å². The summed E-state index contributed by atoms with van der Waals surface area (Å²) in [5, 5.41) is 24.0. The van der Waals surface area contributed by atoms with E-state index in [1.165, 1.54) is 25.9 Å². The van der Waals surface area contributed by atoms with Gasteiger partial charge >= 0.3 is 18.0 Å². The van der Waals surface area contributed by atoms with Gasteiger partial charge in [0.25, 0.3) is 0 Å². The quantitative estimate of drug-likeness (QED) is 0.735. The summed E-state index contributed by atoms with van der Waals surface area (Å²) in [6.07, 6.45) is 6.96. The molecule has 3 aliphatic heterocycles. The number of hydrogen-bond donors (Lipinski definition) is 2. The molecule has 148 valence electrons. The van der Waals surface area contributed by atoms with Gasteiger partial charge in [0.15, 0.2) is 0 Å². The zero-order chi connectivity index (χ0) is 19.9. The molecule has 3 aliphatic rings. The highest BCUT2D eigenvalue weighted by Crippen LogP contribution is 2.28. The molecule has 2 N–H and O–H groups in total. The van der Waals surface area contributed by atoms with Gasteiger partial charge in [0, 0.05) is 62.3 Å². The van der Waals surface area contributed by atoms with Gasteiger partial charge in [-0.05, 0) is 25.0 Å². The van der Waals surface area contributed by atoms with Crippen molar-refractivity contribution in [3.63, 3.8) is 0 Å². The fraction of sp³-hybridized carbons (Fsp3) is 0.389. The van der Waals surface area contributed by atoms with Crippen molar-refractivity contribution >= 4 is 18.0 Å². The van der Waals surface area contributed by atoms with E-state index in [0.717, 1.165) is 18.7 Å². The molecule has 3 fully saturated rings. The number of fused-ring (bicyclic) bond motifs is 4. The van der Waals surface area contributed by atoms with Crippen molar-refractivity contribution in [3.8, 4) is 11.5 Å². The predicted molar refractivity (Wildman–Crippen MR) is 98.7 cm³/mol. The lowest BCUT2D eigenvalue weighted by Gasteiger charge is -2.29. The molecule has 10 heteroatoms. The van der Waals surface area contributed by atoms with Crippen LogP contribution in [0.2, 0.25) is 0 Å². The molecule has 0 saturated carbocycles. The van der Waals surface area contributed by atoms with Crippen LogP contribution in [-0.2, 0) is 9.59 Å². The van der Waals surface area contributed by atoms with Crippen LogP contribution in [0, 0.1) is 0 Å². The van der Waals surface area contributed by atoms with E-state index in [1.54, 1.807) is 12.4 Å². The van der Waals surface area contributed by atoms with Crippen molar-refractivity contribution in [1.82, 2.24) is 20.1 Å². The summed E-state index contributed by atoms with van der Waals surface area (Å²) < 4.78 is 5.87. The van der Waals surface area contributed by atoms with Gasteiger partial charge in [0.05, 0.1) is 0 Å². The molecular weight excluding hydrogens is 366 g/mol. The average Bonchev–Trinajstić information content (AvgIpc) is 3.00. The molecule has 0 aliphatic carbocycles. The van der Waals surface area contributed by atoms with Crippen molar-refractivity contribution in [3.05, 3.63) is 36.7 Å². The Balaban J connectivity index is 0.000000242. The van der Waals surface area contributed by atoms with E-state index in [0.29, 0.717) is 30.1 Å². The molecule has 2 aromatic heterocycles. The largest absolute Gasteiger partial charge is 0.478 e. The highest BCUT2D eigenvalue weighted by Gasteiger charge is 2.31. The van der Waals surface area contributed by atoms with Crippen LogP contribution in [0.25, 0.3) is 11.5 Å². The molecule has 0 aromatic carbocycles. The Hall–Kier alpha value is -3.27. The maximum atomic E-state index is 9.55. The Labute approximate surface area is 161 Å². The minimum absolute atomic E-state index is 0.541. The first-order valence-corrected chi connectivity index (χ1v) is 8.90. The van der Waals surface area contributed by atoms with E-state index in [4.69, 9.17) is 14.6 Å². The summed E-state index contributed by atoms with van der Waals surface area (Å²) in [4.78, 5) is 27.9. The first kappa shape index (κ1) is 19.5. The Morgan fingerprint density at radius 1 is 1.00 bits per heavy atom. The lowest BCUT2D eigenvalue weighted by Crippen LogP contribution is -2.38. The molecule has 28 heavy (non-hydrogen) atoms. The van der Waals surface area contributed by atoms with E-state index in [9.17, 15) is 9.59 Å². The molecule has 5 heterocycles. The van der Waals surface area contributed by atoms with Crippen molar-refractivity contribution in [2.75, 3.05) is 31.1 Å². The molecule has 0 atom stereocenters. The van der Waals surface area contributed by atoms with Gasteiger partial charge in [-0.15, -0.1) is 5.10 Å². The summed E-state index contributed by atoms with van der Waals surface area (Å²) in [6.45, 7) is 4.44. The highest BCUT2D eigenvalue weighted by atomic mass is 16.4. The number of aliphatic carboxylic acids is 2. The number of nitrogens with zero attached hydrogens (tertiary/aromatic N) is 5. The number of hydrogen-bond acceptors (Lipinski definition) is 8. The number of rotatable bonds is 4. The van der Waals surface area contributed by atoms with Gasteiger partial charge in [0.2, 0.25) is 5.89 Å². The predicted octanol–water partition coefficient (Wildman–Crippen LogP) is 1.13. The Morgan fingerprint density at radius 2 is 1.64 bits per heavy atom. The smallest absolute Gasteiger partial charge is 0.328 e. The molecule has 0 spiro atoms. The summed E-state index contributed by atoms with van der Waals surface area (Å²) in [5.74, 6) is -1.94. The molecule has 2 aromatic rings. The molecule has 0 amide bonds.